The molecule has 1 rings (SSSR count). The first-order chi connectivity index (χ1) is 6.92. The number of hydrogen-bond donors (Lipinski definition) is 2. The monoisotopic (exact) mass is 215 g/mol. The smallest absolute Gasteiger partial charge is 0.320 e. The second-order valence-electron chi connectivity index (χ2n) is 5.06. The van der Waals surface area contributed by atoms with Crippen molar-refractivity contribution >= 4 is 5.97 Å². The minimum atomic E-state index is -0.758. The number of aliphatic hydroxyl groups excluding tert-OH is 1. The Bertz CT molecular complexity index is 240. The van der Waals surface area contributed by atoms with Gasteiger partial charge in [0.25, 0.3) is 0 Å². The summed E-state index contributed by atoms with van der Waals surface area (Å²) in [4.78, 5) is 13.0. The fourth-order valence-electron chi connectivity index (χ4n) is 2.38. The molecule has 0 amide bonds. The van der Waals surface area contributed by atoms with Crippen molar-refractivity contribution in [1.29, 1.82) is 0 Å². The number of likely N-dealkylation sites (tertiary alicyclic amines) is 1. The lowest BCUT2D eigenvalue weighted by atomic mass is 9.83. The van der Waals surface area contributed by atoms with E-state index in [-0.39, 0.29) is 17.9 Å². The van der Waals surface area contributed by atoms with Crippen LogP contribution < -0.4 is 0 Å². The molecule has 0 radical (unpaired) electrons. The minimum Gasteiger partial charge on any atom is -0.480 e. The molecule has 4 heteroatoms. The third-order valence-electron chi connectivity index (χ3n) is 3.50. The Morgan fingerprint density at radius 1 is 1.60 bits per heavy atom. The molecule has 2 atom stereocenters. The van der Waals surface area contributed by atoms with Crippen molar-refractivity contribution in [2.24, 2.45) is 11.3 Å². The number of aliphatic carboxylic acids is 1. The Kier molecular flexibility index (Phi) is 3.73. The Balaban J connectivity index is 2.72. The third-order valence-corrected chi connectivity index (χ3v) is 3.50. The average molecular weight is 215 g/mol. The Labute approximate surface area is 90.9 Å². The highest BCUT2D eigenvalue weighted by Gasteiger charge is 2.42. The Hall–Kier alpha value is -0.610. The van der Waals surface area contributed by atoms with Crippen molar-refractivity contribution in [2.45, 2.75) is 33.2 Å². The van der Waals surface area contributed by atoms with Crippen LogP contribution >= 0.6 is 0 Å². The summed E-state index contributed by atoms with van der Waals surface area (Å²) in [6, 6.07) is -0.402. The van der Waals surface area contributed by atoms with Crippen LogP contribution in [0.3, 0.4) is 0 Å². The van der Waals surface area contributed by atoms with Crippen molar-refractivity contribution in [2.75, 3.05) is 19.7 Å². The summed E-state index contributed by atoms with van der Waals surface area (Å²) in [6.07, 6.45) is 0.615. The van der Waals surface area contributed by atoms with Crippen LogP contribution in [0.5, 0.6) is 0 Å². The highest BCUT2D eigenvalue weighted by molar-refractivity contribution is 5.73. The zero-order chi connectivity index (χ0) is 11.6. The number of hydrogen-bond acceptors (Lipinski definition) is 3. The van der Waals surface area contributed by atoms with Crippen molar-refractivity contribution in [3.05, 3.63) is 0 Å². The lowest BCUT2D eigenvalue weighted by Gasteiger charge is -2.25. The van der Waals surface area contributed by atoms with Crippen LogP contribution in [-0.2, 0) is 4.79 Å². The van der Waals surface area contributed by atoms with Gasteiger partial charge >= 0.3 is 5.97 Å². The molecule has 0 bridgehead atoms. The van der Waals surface area contributed by atoms with E-state index in [1.807, 2.05) is 11.8 Å². The summed E-state index contributed by atoms with van der Waals surface area (Å²) in [5, 5.41) is 18.3. The summed E-state index contributed by atoms with van der Waals surface area (Å²) in [6.45, 7) is 7.64. The van der Waals surface area contributed by atoms with Gasteiger partial charge in [-0.1, -0.05) is 20.8 Å². The molecule has 0 saturated carbocycles. The summed E-state index contributed by atoms with van der Waals surface area (Å²) in [5.74, 6) is -0.571. The summed E-state index contributed by atoms with van der Waals surface area (Å²) >= 11 is 0. The predicted molar refractivity (Wildman–Crippen MR) is 57.6 cm³/mol. The molecule has 15 heavy (non-hydrogen) atoms. The summed E-state index contributed by atoms with van der Waals surface area (Å²) in [7, 11) is 0. The molecule has 0 aromatic heterocycles. The van der Waals surface area contributed by atoms with E-state index in [0.29, 0.717) is 13.0 Å². The molecule has 1 fully saturated rings. The average Bonchev–Trinajstić information content (AvgIpc) is 2.41. The van der Waals surface area contributed by atoms with Crippen LogP contribution in [-0.4, -0.2) is 46.8 Å². The standard InChI is InChI=1S/C11H21NO3/c1-4-9(10(14)15)12-5-8(6-13)11(2,3)7-12/h8-9,13H,4-7H2,1-3H3,(H,14,15)/t8-,9+/m0/s1. The van der Waals surface area contributed by atoms with Gasteiger partial charge in [-0.05, 0) is 11.8 Å². The largest absolute Gasteiger partial charge is 0.480 e. The van der Waals surface area contributed by atoms with Crippen LogP contribution in [0.2, 0.25) is 0 Å². The van der Waals surface area contributed by atoms with Crippen LogP contribution in [0.25, 0.3) is 0 Å². The molecule has 1 heterocycles. The van der Waals surface area contributed by atoms with Gasteiger partial charge in [0, 0.05) is 25.6 Å². The normalized spacial score (nSPS) is 27.9. The van der Waals surface area contributed by atoms with Crippen molar-refractivity contribution in [3.63, 3.8) is 0 Å². The number of carboxylic acids is 1. The quantitative estimate of drug-likeness (QED) is 0.728. The van der Waals surface area contributed by atoms with Gasteiger partial charge < -0.3 is 10.2 Å². The Morgan fingerprint density at radius 3 is 2.53 bits per heavy atom. The van der Waals surface area contributed by atoms with Crippen LogP contribution in [0, 0.1) is 11.3 Å². The summed E-state index contributed by atoms with van der Waals surface area (Å²) < 4.78 is 0. The fraction of sp³-hybridized carbons (Fsp3) is 0.909. The van der Waals surface area contributed by atoms with Gasteiger partial charge in [-0.2, -0.15) is 0 Å². The van der Waals surface area contributed by atoms with E-state index in [0.717, 1.165) is 6.54 Å². The van der Waals surface area contributed by atoms with E-state index in [4.69, 9.17) is 5.11 Å². The first kappa shape index (κ1) is 12.5. The number of carbonyl (C=O) groups is 1. The molecule has 4 nitrogen and oxygen atoms in total. The highest BCUT2D eigenvalue weighted by Crippen LogP contribution is 2.36. The SMILES string of the molecule is CC[C@H](C(=O)O)N1C[C@@H](CO)C(C)(C)C1. The maximum absolute atomic E-state index is 11.0. The Morgan fingerprint density at radius 2 is 2.20 bits per heavy atom. The minimum absolute atomic E-state index is 0.0115. The number of carboxylic acid groups (broad SMARTS) is 1. The summed E-state index contributed by atoms with van der Waals surface area (Å²) in [5.41, 5.74) is 0.0115. The lowest BCUT2D eigenvalue weighted by molar-refractivity contribution is -0.143. The predicted octanol–water partition coefficient (Wildman–Crippen LogP) is 0.800. The van der Waals surface area contributed by atoms with Gasteiger partial charge in [-0.15, -0.1) is 0 Å². The van der Waals surface area contributed by atoms with E-state index in [1.165, 1.54) is 0 Å². The molecular weight excluding hydrogens is 194 g/mol. The van der Waals surface area contributed by atoms with Gasteiger partial charge in [-0.25, -0.2) is 0 Å². The first-order valence-electron chi connectivity index (χ1n) is 5.50. The zero-order valence-corrected chi connectivity index (χ0v) is 9.73. The molecule has 1 aliphatic heterocycles. The molecule has 0 unspecified atom stereocenters. The highest BCUT2D eigenvalue weighted by atomic mass is 16.4. The van der Waals surface area contributed by atoms with Gasteiger partial charge in [0.1, 0.15) is 6.04 Å². The molecule has 88 valence electrons. The second kappa shape index (κ2) is 4.49. The van der Waals surface area contributed by atoms with Crippen LogP contribution in [0.1, 0.15) is 27.2 Å². The van der Waals surface area contributed by atoms with Crippen molar-refractivity contribution < 1.29 is 15.0 Å². The third kappa shape index (κ3) is 2.49. The maximum atomic E-state index is 11.0. The molecule has 0 spiro atoms. The topological polar surface area (TPSA) is 60.8 Å². The van der Waals surface area contributed by atoms with Crippen molar-refractivity contribution in [3.8, 4) is 0 Å². The van der Waals surface area contributed by atoms with Crippen LogP contribution in [0.4, 0.5) is 0 Å². The van der Waals surface area contributed by atoms with Crippen LogP contribution in [0.15, 0.2) is 0 Å². The van der Waals surface area contributed by atoms with E-state index < -0.39 is 12.0 Å². The second-order valence-corrected chi connectivity index (χ2v) is 5.06. The fourth-order valence-corrected chi connectivity index (χ4v) is 2.38. The molecular formula is C11H21NO3. The molecule has 0 aromatic rings. The number of nitrogens with zero attached hydrogens (tertiary/aromatic N) is 1. The molecule has 0 aromatic carbocycles. The number of aliphatic hydroxyl groups is 1. The van der Waals surface area contributed by atoms with E-state index >= 15 is 0 Å². The van der Waals surface area contributed by atoms with E-state index in [2.05, 4.69) is 13.8 Å². The zero-order valence-electron chi connectivity index (χ0n) is 9.73. The van der Waals surface area contributed by atoms with E-state index in [9.17, 15) is 9.90 Å². The van der Waals surface area contributed by atoms with E-state index in [1.54, 1.807) is 0 Å². The maximum Gasteiger partial charge on any atom is 0.320 e. The van der Waals surface area contributed by atoms with Gasteiger partial charge in [0.05, 0.1) is 0 Å². The van der Waals surface area contributed by atoms with Gasteiger partial charge in [0.15, 0.2) is 0 Å². The molecule has 0 aliphatic carbocycles. The van der Waals surface area contributed by atoms with Gasteiger partial charge in [0.2, 0.25) is 0 Å². The molecule has 1 saturated heterocycles. The number of rotatable bonds is 4. The lowest BCUT2D eigenvalue weighted by Crippen LogP contribution is -2.40. The first-order valence-corrected chi connectivity index (χ1v) is 5.50. The van der Waals surface area contributed by atoms with Gasteiger partial charge in [-0.3, -0.25) is 9.69 Å². The molecule has 2 N–H and O–H groups in total. The van der Waals surface area contributed by atoms with Crippen molar-refractivity contribution in [1.82, 2.24) is 4.90 Å². The molecule has 1 aliphatic rings.